The Kier molecular flexibility index (Phi) is 5.46. The minimum Gasteiger partial charge on any atom is -0.480 e. The standard InChI is InChI=1S/C10H13NO4S2/c1-6(12)9(10(14)15)11-7(13)5-17-8-3-2-4-16-8/h2-4,6,9,12H,5H2,1H3,(H,11,13)(H,14,15). The quantitative estimate of drug-likeness (QED) is 0.668. The Morgan fingerprint density at radius 2 is 2.29 bits per heavy atom. The van der Waals surface area contributed by atoms with E-state index in [0.29, 0.717) is 0 Å². The van der Waals surface area contributed by atoms with Crippen LogP contribution >= 0.6 is 23.1 Å². The summed E-state index contributed by atoms with van der Waals surface area (Å²) in [4.78, 5) is 22.2. The van der Waals surface area contributed by atoms with Gasteiger partial charge in [-0.05, 0) is 18.4 Å². The van der Waals surface area contributed by atoms with Gasteiger partial charge in [0.15, 0.2) is 6.04 Å². The molecule has 1 amide bonds. The average Bonchev–Trinajstić information content (AvgIpc) is 2.74. The molecule has 5 nitrogen and oxygen atoms in total. The van der Waals surface area contributed by atoms with Gasteiger partial charge < -0.3 is 15.5 Å². The van der Waals surface area contributed by atoms with Crippen LogP contribution < -0.4 is 5.32 Å². The molecular formula is C10H13NO4S2. The number of nitrogens with one attached hydrogen (secondary N) is 1. The van der Waals surface area contributed by atoms with Gasteiger partial charge in [-0.2, -0.15) is 0 Å². The van der Waals surface area contributed by atoms with Gasteiger partial charge in [-0.15, -0.1) is 23.1 Å². The fraction of sp³-hybridized carbons (Fsp3) is 0.400. The molecule has 0 aromatic carbocycles. The number of amides is 1. The molecule has 0 saturated carbocycles. The number of carbonyl (C=O) groups is 2. The van der Waals surface area contributed by atoms with Gasteiger partial charge in [-0.25, -0.2) is 4.79 Å². The lowest BCUT2D eigenvalue weighted by molar-refractivity contribution is -0.144. The molecule has 7 heteroatoms. The number of thiophene rings is 1. The van der Waals surface area contributed by atoms with Crippen molar-refractivity contribution in [3.8, 4) is 0 Å². The zero-order valence-corrected chi connectivity index (χ0v) is 10.8. The van der Waals surface area contributed by atoms with Crippen LogP contribution in [0.4, 0.5) is 0 Å². The molecule has 0 radical (unpaired) electrons. The summed E-state index contributed by atoms with van der Waals surface area (Å²) in [6, 6.07) is 2.50. The molecular weight excluding hydrogens is 262 g/mol. The Hall–Kier alpha value is -1.05. The maximum atomic E-state index is 11.5. The lowest BCUT2D eigenvalue weighted by atomic mass is 10.2. The number of hydrogen-bond acceptors (Lipinski definition) is 5. The van der Waals surface area contributed by atoms with E-state index in [2.05, 4.69) is 5.32 Å². The van der Waals surface area contributed by atoms with Crippen LogP contribution in [0.3, 0.4) is 0 Å². The number of thioether (sulfide) groups is 1. The minimum absolute atomic E-state index is 0.136. The highest BCUT2D eigenvalue weighted by molar-refractivity contribution is 8.01. The molecule has 1 heterocycles. The fourth-order valence-electron chi connectivity index (χ4n) is 1.09. The van der Waals surface area contributed by atoms with Crippen LogP contribution in [0.15, 0.2) is 21.7 Å². The number of rotatable bonds is 6. The molecule has 0 bridgehead atoms. The van der Waals surface area contributed by atoms with E-state index >= 15 is 0 Å². The highest BCUT2D eigenvalue weighted by atomic mass is 32.2. The molecule has 3 N–H and O–H groups in total. The first kappa shape index (κ1) is 14.0. The average molecular weight is 275 g/mol. The highest BCUT2D eigenvalue weighted by Crippen LogP contribution is 2.22. The third kappa shape index (κ3) is 4.76. The van der Waals surface area contributed by atoms with Crippen molar-refractivity contribution in [2.75, 3.05) is 5.75 Å². The van der Waals surface area contributed by atoms with E-state index in [1.807, 2.05) is 17.5 Å². The van der Waals surface area contributed by atoms with Crippen molar-refractivity contribution in [3.05, 3.63) is 17.5 Å². The number of aliphatic hydroxyl groups excluding tert-OH is 1. The van der Waals surface area contributed by atoms with Gasteiger partial charge in [0.1, 0.15) is 0 Å². The summed E-state index contributed by atoms with van der Waals surface area (Å²) in [5, 5.41) is 22.1. The summed E-state index contributed by atoms with van der Waals surface area (Å²) in [5.41, 5.74) is 0. The second-order valence-corrected chi connectivity index (χ2v) is 5.57. The van der Waals surface area contributed by atoms with Gasteiger partial charge in [0.25, 0.3) is 0 Å². The predicted molar refractivity (Wildman–Crippen MR) is 66.3 cm³/mol. The summed E-state index contributed by atoms with van der Waals surface area (Å²) >= 11 is 2.85. The Balaban J connectivity index is 2.40. The number of carboxylic acid groups (broad SMARTS) is 1. The van der Waals surface area contributed by atoms with E-state index in [1.165, 1.54) is 30.0 Å². The molecule has 1 rings (SSSR count). The van der Waals surface area contributed by atoms with Crippen LogP contribution in [0.1, 0.15) is 6.92 Å². The minimum atomic E-state index is -1.26. The Bertz CT molecular complexity index is 378. The fourth-order valence-corrected chi connectivity index (χ4v) is 2.68. The van der Waals surface area contributed by atoms with E-state index in [9.17, 15) is 14.7 Å². The zero-order valence-electron chi connectivity index (χ0n) is 9.12. The van der Waals surface area contributed by atoms with Crippen LogP contribution in [0, 0.1) is 0 Å². The van der Waals surface area contributed by atoms with Crippen molar-refractivity contribution in [3.63, 3.8) is 0 Å². The van der Waals surface area contributed by atoms with Crippen molar-refractivity contribution in [2.24, 2.45) is 0 Å². The first-order chi connectivity index (χ1) is 8.00. The topological polar surface area (TPSA) is 86.6 Å². The Morgan fingerprint density at radius 3 is 2.76 bits per heavy atom. The molecule has 0 aliphatic heterocycles. The van der Waals surface area contributed by atoms with Gasteiger partial charge in [-0.1, -0.05) is 6.07 Å². The monoisotopic (exact) mass is 275 g/mol. The first-order valence-corrected chi connectivity index (χ1v) is 6.73. The third-order valence-electron chi connectivity index (χ3n) is 1.91. The Morgan fingerprint density at radius 1 is 1.59 bits per heavy atom. The molecule has 0 saturated heterocycles. The molecule has 0 aliphatic rings. The van der Waals surface area contributed by atoms with Crippen LogP contribution in [0.2, 0.25) is 0 Å². The van der Waals surface area contributed by atoms with Crippen molar-refractivity contribution >= 4 is 35.0 Å². The van der Waals surface area contributed by atoms with Gasteiger partial charge in [0.2, 0.25) is 5.91 Å². The van der Waals surface area contributed by atoms with E-state index in [-0.39, 0.29) is 5.75 Å². The normalized spacial score (nSPS) is 14.0. The maximum absolute atomic E-state index is 11.5. The SMILES string of the molecule is CC(O)C(NC(=O)CSc1cccs1)C(=O)O. The second-order valence-electron chi connectivity index (χ2n) is 3.34. The largest absolute Gasteiger partial charge is 0.480 e. The Labute approximate surface area is 107 Å². The summed E-state index contributed by atoms with van der Waals surface area (Å²) in [6.07, 6.45) is -1.12. The van der Waals surface area contributed by atoms with E-state index in [1.54, 1.807) is 0 Å². The zero-order chi connectivity index (χ0) is 12.8. The molecule has 2 atom stereocenters. The molecule has 1 aromatic rings. The molecule has 17 heavy (non-hydrogen) atoms. The summed E-state index contributed by atoms with van der Waals surface area (Å²) in [6.45, 7) is 1.32. The number of hydrogen-bond donors (Lipinski definition) is 3. The third-order valence-corrected chi connectivity index (χ3v) is 4.04. The molecule has 0 aliphatic carbocycles. The van der Waals surface area contributed by atoms with Gasteiger partial charge in [0, 0.05) is 0 Å². The second kappa shape index (κ2) is 6.63. The number of carboxylic acids is 1. The molecule has 0 spiro atoms. The highest BCUT2D eigenvalue weighted by Gasteiger charge is 2.24. The van der Waals surface area contributed by atoms with Gasteiger partial charge >= 0.3 is 5.97 Å². The van der Waals surface area contributed by atoms with Crippen LogP contribution in [0.25, 0.3) is 0 Å². The maximum Gasteiger partial charge on any atom is 0.328 e. The predicted octanol–water partition coefficient (Wildman–Crippen LogP) is 0.790. The van der Waals surface area contributed by atoms with Gasteiger partial charge in [-0.3, -0.25) is 4.79 Å². The van der Waals surface area contributed by atoms with E-state index in [0.717, 1.165) is 4.21 Å². The smallest absolute Gasteiger partial charge is 0.328 e. The number of aliphatic hydroxyl groups is 1. The summed E-state index contributed by atoms with van der Waals surface area (Å²) in [7, 11) is 0. The van der Waals surface area contributed by atoms with Crippen molar-refractivity contribution in [2.45, 2.75) is 23.3 Å². The van der Waals surface area contributed by atoms with Gasteiger partial charge in [0.05, 0.1) is 16.1 Å². The first-order valence-electron chi connectivity index (χ1n) is 4.87. The van der Waals surface area contributed by atoms with Crippen LogP contribution in [-0.4, -0.2) is 40.0 Å². The lowest BCUT2D eigenvalue weighted by Crippen LogP contribution is -2.48. The van der Waals surface area contributed by atoms with Crippen molar-refractivity contribution in [1.29, 1.82) is 0 Å². The molecule has 94 valence electrons. The summed E-state index contributed by atoms with van der Waals surface area (Å²) in [5.74, 6) is -1.51. The lowest BCUT2D eigenvalue weighted by Gasteiger charge is -2.16. The van der Waals surface area contributed by atoms with Crippen LogP contribution in [0.5, 0.6) is 0 Å². The van der Waals surface area contributed by atoms with E-state index < -0.39 is 24.0 Å². The summed E-state index contributed by atoms with van der Waals surface area (Å²) < 4.78 is 0.990. The van der Waals surface area contributed by atoms with Crippen LogP contribution in [-0.2, 0) is 9.59 Å². The molecule has 0 fully saturated rings. The van der Waals surface area contributed by atoms with Crippen molar-refractivity contribution < 1.29 is 19.8 Å². The molecule has 2 unspecified atom stereocenters. The van der Waals surface area contributed by atoms with E-state index in [4.69, 9.17) is 5.11 Å². The number of carbonyl (C=O) groups excluding carboxylic acids is 1. The molecule has 1 aromatic heterocycles. The van der Waals surface area contributed by atoms with Crippen molar-refractivity contribution in [1.82, 2.24) is 5.32 Å². The number of aliphatic carboxylic acids is 1.